The lowest BCUT2D eigenvalue weighted by Crippen LogP contribution is -2.46. The van der Waals surface area contributed by atoms with E-state index in [4.69, 9.17) is 14.2 Å². The molecule has 5 nitrogen and oxygen atoms in total. The summed E-state index contributed by atoms with van der Waals surface area (Å²) in [5, 5.41) is 0. The van der Waals surface area contributed by atoms with Crippen LogP contribution in [-0.2, 0) is 0 Å². The second-order valence-corrected chi connectivity index (χ2v) is 8.32. The van der Waals surface area contributed by atoms with Gasteiger partial charge in [-0.3, -0.25) is 4.90 Å². The molecule has 3 aliphatic heterocycles. The summed E-state index contributed by atoms with van der Waals surface area (Å²) in [4.78, 5) is 4.63. The lowest BCUT2D eigenvalue weighted by Gasteiger charge is -2.42. The summed E-state index contributed by atoms with van der Waals surface area (Å²) < 4.78 is 17.8. The summed E-state index contributed by atoms with van der Waals surface area (Å²) in [5.74, 6) is 3.15. The van der Waals surface area contributed by atoms with Crippen LogP contribution in [0.4, 0.5) is 5.69 Å². The first-order valence-corrected chi connectivity index (χ1v) is 10.2. The highest BCUT2D eigenvalue weighted by Gasteiger charge is 2.41. The summed E-state index contributed by atoms with van der Waals surface area (Å²) in [7, 11) is 4.15. The van der Waals surface area contributed by atoms with Gasteiger partial charge in [-0.05, 0) is 36.6 Å². The third-order valence-corrected chi connectivity index (χ3v) is 6.33. The van der Waals surface area contributed by atoms with E-state index in [2.05, 4.69) is 61.2 Å². The molecule has 28 heavy (non-hydrogen) atoms. The van der Waals surface area contributed by atoms with E-state index in [1.165, 1.54) is 29.7 Å². The van der Waals surface area contributed by atoms with Gasteiger partial charge < -0.3 is 19.1 Å². The van der Waals surface area contributed by atoms with E-state index in [0.29, 0.717) is 5.92 Å². The predicted molar refractivity (Wildman–Crippen MR) is 110 cm³/mol. The number of nitrogens with zero attached hydrogens (tertiary/aromatic N) is 2. The lowest BCUT2D eigenvalue weighted by molar-refractivity contribution is -0.0177. The highest BCUT2D eigenvalue weighted by molar-refractivity contribution is 5.57. The Hall–Kier alpha value is -2.40. The first-order valence-electron chi connectivity index (χ1n) is 10.2. The first kappa shape index (κ1) is 17.7. The number of benzene rings is 2. The molecule has 0 saturated carbocycles. The molecule has 0 N–H and O–H groups in total. The fourth-order valence-electron chi connectivity index (χ4n) is 4.84. The molecule has 0 amide bonds. The van der Waals surface area contributed by atoms with Crippen molar-refractivity contribution in [2.24, 2.45) is 5.92 Å². The third-order valence-electron chi connectivity index (χ3n) is 6.33. The predicted octanol–water partition coefficient (Wildman–Crippen LogP) is 4.06. The minimum atomic E-state index is 0.0916. The number of likely N-dealkylation sites (tertiary alicyclic amines) is 1. The summed E-state index contributed by atoms with van der Waals surface area (Å²) in [6, 6.07) is 13.1. The molecular formula is C23H28N2O3. The molecule has 2 aromatic rings. The maximum atomic E-state index is 6.55. The van der Waals surface area contributed by atoms with Gasteiger partial charge in [0.25, 0.3) is 0 Å². The Labute approximate surface area is 166 Å². The number of hydrogen-bond acceptors (Lipinski definition) is 5. The van der Waals surface area contributed by atoms with Gasteiger partial charge in [0, 0.05) is 56.3 Å². The number of anilines is 1. The molecule has 3 atom stereocenters. The van der Waals surface area contributed by atoms with E-state index in [0.717, 1.165) is 30.3 Å². The van der Waals surface area contributed by atoms with Crippen LogP contribution < -0.4 is 19.1 Å². The van der Waals surface area contributed by atoms with E-state index in [1.54, 1.807) is 0 Å². The number of hydrogen-bond donors (Lipinski definition) is 0. The van der Waals surface area contributed by atoms with Gasteiger partial charge in [-0.1, -0.05) is 19.1 Å². The van der Waals surface area contributed by atoms with E-state index in [9.17, 15) is 0 Å². The average molecular weight is 380 g/mol. The van der Waals surface area contributed by atoms with Crippen molar-refractivity contribution in [2.75, 3.05) is 38.9 Å². The van der Waals surface area contributed by atoms with Crippen molar-refractivity contribution in [3.8, 4) is 17.2 Å². The molecule has 5 heteroatoms. The molecular weight excluding hydrogens is 352 g/mol. The fourth-order valence-corrected chi connectivity index (χ4v) is 4.84. The highest BCUT2D eigenvalue weighted by Crippen LogP contribution is 2.50. The van der Waals surface area contributed by atoms with Crippen LogP contribution in [0.5, 0.6) is 17.2 Å². The normalized spacial score (nSPS) is 26.0. The van der Waals surface area contributed by atoms with E-state index in [-0.39, 0.29) is 18.9 Å². The van der Waals surface area contributed by atoms with Crippen molar-refractivity contribution in [1.29, 1.82) is 0 Å². The van der Waals surface area contributed by atoms with Crippen molar-refractivity contribution in [3.05, 3.63) is 47.5 Å². The quantitative estimate of drug-likeness (QED) is 0.802. The number of fused-ring (bicyclic) bond motifs is 2. The molecule has 1 saturated heterocycles. The standard InChI is InChI=1S/C23H28N2O3/c1-15-22(16-6-8-17(9-7-16)24(2)3)18-12-20-21(27-14-26-20)13-19(18)28-23(15)25-10-4-5-11-25/h6-9,12-13,15,22-23H,4-5,10-11,14H2,1-3H3/t15-,22-,23+/m1/s1. The molecule has 0 radical (unpaired) electrons. The van der Waals surface area contributed by atoms with Gasteiger partial charge in [-0.25, -0.2) is 0 Å². The number of ether oxygens (including phenoxy) is 3. The molecule has 0 aliphatic carbocycles. The first-order chi connectivity index (χ1) is 13.6. The van der Waals surface area contributed by atoms with Crippen LogP contribution in [0.15, 0.2) is 36.4 Å². The second kappa shape index (κ2) is 6.89. The topological polar surface area (TPSA) is 34.2 Å². The fraction of sp³-hybridized carbons (Fsp3) is 0.478. The maximum Gasteiger partial charge on any atom is 0.231 e. The van der Waals surface area contributed by atoms with Gasteiger partial charge in [-0.2, -0.15) is 0 Å². The Morgan fingerprint density at radius 1 is 0.929 bits per heavy atom. The molecule has 148 valence electrons. The monoisotopic (exact) mass is 380 g/mol. The highest BCUT2D eigenvalue weighted by atomic mass is 16.7. The van der Waals surface area contributed by atoms with Gasteiger partial charge in [-0.15, -0.1) is 0 Å². The Bertz CT molecular complexity index is 859. The van der Waals surface area contributed by atoms with Crippen molar-refractivity contribution in [3.63, 3.8) is 0 Å². The van der Waals surface area contributed by atoms with E-state index in [1.807, 2.05) is 6.07 Å². The van der Waals surface area contributed by atoms with Crippen LogP contribution in [0.2, 0.25) is 0 Å². The summed E-state index contributed by atoms with van der Waals surface area (Å²) in [6.07, 6.45) is 2.60. The second-order valence-electron chi connectivity index (χ2n) is 8.32. The maximum absolute atomic E-state index is 6.55. The minimum absolute atomic E-state index is 0.0916. The number of rotatable bonds is 3. The Morgan fingerprint density at radius 2 is 1.61 bits per heavy atom. The Morgan fingerprint density at radius 3 is 2.29 bits per heavy atom. The smallest absolute Gasteiger partial charge is 0.231 e. The van der Waals surface area contributed by atoms with Crippen LogP contribution >= 0.6 is 0 Å². The van der Waals surface area contributed by atoms with E-state index >= 15 is 0 Å². The van der Waals surface area contributed by atoms with Gasteiger partial charge in [0.15, 0.2) is 17.7 Å². The average Bonchev–Trinajstić information content (AvgIpc) is 3.38. The zero-order valence-corrected chi connectivity index (χ0v) is 16.9. The molecule has 0 aromatic heterocycles. The van der Waals surface area contributed by atoms with Crippen LogP contribution in [0.1, 0.15) is 36.8 Å². The van der Waals surface area contributed by atoms with Gasteiger partial charge in [0.05, 0.1) is 0 Å². The molecule has 0 spiro atoms. The largest absolute Gasteiger partial charge is 0.474 e. The van der Waals surface area contributed by atoms with Gasteiger partial charge in [0.2, 0.25) is 6.79 Å². The Balaban J connectivity index is 1.58. The molecule has 3 heterocycles. The van der Waals surface area contributed by atoms with Crippen LogP contribution in [0.3, 0.4) is 0 Å². The van der Waals surface area contributed by atoms with Crippen LogP contribution in [-0.4, -0.2) is 45.1 Å². The zero-order chi connectivity index (χ0) is 19.3. The van der Waals surface area contributed by atoms with E-state index < -0.39 is 0 Å². The lowest BCUT2D eigenvalue weighted by atomic mass is 9.78. The Kier molecular flexibility index (Phi) is 4.35. The third kappa shape index (κ3) is 2.89. The molecule has 2 aromatic carbocycles. The zero-order valence-electron chi connectivity index (χ0n) is 16.9. The van der Waals surface area contributed by atoms with Crippen molar-refractivity contribution >= 4 is 5.69 Å². The van der Waals surface area contributed by atoms with Gasteiger partial charge in [0.1, 0.15) is 5.75 Å². The molecule has 3 aliphatic rings. The minimum Gasteiger partial charge on any atom is -0.474 e. The molecule has 1 fully saturated rings. The summed E-state index contributed by atoms with van der Waals surface area (Å²) in [5.41, 5.74) is 3.74. The van der Waals surface area contributed by atoms with Crippen LogP contribution in [0, 0.1) is 5.92 Å². The van der Waals surface area contributed by atoms with Gasteiger partial charge >= 0.3 is 0 Å². The van der Waals surface area contributed by atoms with Crippen molar-refractivity contribution in [1.82, 2.24) is 4.90 Å². The van der Waals surface area contributed by atoms with Crippen molar-refractivity contribution < 1.29 is 14.2 Å². The van der Waals surface area contributed by atoms with Crippen molar-refractivity contribution in [2.45, 2.75) is 31.9 Å². The molecule has 5 rings (SSSR count). The summed E-state index contributed by atoms with van der Waals surface area (Å²) in [6.45, 7) is 4.83. The molecule has 0 unspecified atom stereocenters. The SMILES string of the molecule is C[C@@H]1[C@H](c2ccc(N(C)C)cc2)c2cc3c(cc2O[C@@H]1N1CCCC1)OCO3. The molecule has 0 bridgehead atoms. The summed E-state index contributed by atoms with van der Waals surface area (Å²) >= 11 is 0. The van der Waals surface area contributed by atoms with Crippen LogP contribution in [0.25, 0.3) is 0 Å².